The predicted molar refractivity (Wildman–Crippen MR) is 94.0 cm³/mol. The van der Waals surface area contributed by atoms with E-state index >= 15 is 0 Å². The zero-order chi connectivity index (χ0) is 16.3. The molecule has 0 aromatic rings. The molecule has 0 aliphatic carbocycles. The normalized spacial score (nSPS) is 24.1. The second-order valence-electron chi connectivity index (χ2n) is 6.69. The smallest absolute Gasteiger partial charge is 0.190 e. The van der Waals surface area contributed by atoms with Crippen molar-refractivity contribution in [2.24, 2.45) is 10.9 Å². The molecule has 0 aromatic heterocycles. The topological polar surface area (TPSA) is 58.1 Å². The van der Waals surface area contributed by atoms with E-state index in [-0.39, 0.29) is 0 Å². The van der Waals surface area contributed by atoms with Gasteiger partial charge in [-0.05, 0) is 58.2 Å². The van der Waals surface area contributed by atoms with Gasteiger partial charge in [-0.3, -0.25) is 4.99 Å². The van der Waals surface area contributed by atoms with Crippen molar-refractivity contribution < 1.29 is 9.47 Å². The number of hydrogen-bond donors (Lipinski definition) is 2. The first-order chi connectivity index (χ1) is 11.3. The van der Waals surface area contributed by atoms with Crippen LogP contribution in [0.2, 0.25) is 0 Å². The number of likely N-dealkylation sites (tertiary alicyclic amines) is 1. The molecule has 6 nitrogen and oxygen atoms in total. The molecule has 0 radical (unpaired) electrons. The van der Waals surface area contributed by atoms with Crippen LogP contribution in [0.25, 0.3) is 0 Å². The van der Waals surface area contributed by atoms with Gasteiger partial charge < -0.3 is 25.0 Å². The molecule has 1 atom stereocenters. The summed E-state index contributed by atoms with van der Waals surface area (Å²) >= 11 is 0. The Kier molecular flexibility index (Phi) is 8.71. The first kappa shape index (κ1) is 18.5. The van der Waals surface area contributed by atoms with Crippen molar-refractivity contribution in [3.63, 3.8) is 0 Å². The van der Waals surface area contributed by atoms with Crippen LogP contribution in [0.5, 0.6) is 0 Å². The molecule has 0 spiro atoms. The Hall–Kier alpha value is -0.850. The average molecular weight is 326 g/mol. The Morgan fingerprint density at radius 2 is 2.09 bits per heavy atom. The van der Waals surface area contributed by atoms with Crippen LogP contribution in [-0.4, -0.2) is 77.1 Å². The molecule has 2 aliphatic rings. The van der Waals surface area contributed by atoms with Crippen LogP contribution < -0.4 is 10.6 Å². The highest BCUT2D eigenvalue weighted by molar-refractivity contribution is 5.79. The van der Waals surface area contributed by atoms with Crippen molar-refractivity contribution in [2.75, 3.05) is 60.1 Å². The third-order valence-electron chi connectivity index (χ3n) is 4.71. The summed E-state index contributed by atoms with van der Waals surface area (Å²) in [7, 11) is 4.03. The van der Waals surface area contributed by atoms with Crippen LogP contribution in [0.15, 0.2) is 4.99 Å². The van der Waals surface area contributed by atoms with Crippen LogP contribution in [0.3, 0.4) is 0 Å². The van der Waals surface area contributed by atoms with E-state index in [4.69, 9.17) is 9.47 Å². The van der Waals surface area contributed by atoms with Crippen molar-refractivity contribution in [3.8, 4) is 0 Å². The zero-order valence-electron chi connectivity index (χ0n) is 14.9. The van der Waals surface area contributed by atoms with Gasteiger partial charge >= 0.3 is 0 Å². The van der Waals surface area contributed by atoms with Gasteiger partial charge in [-0.25, -0.2) is 0 Å². The van der Waals surface area contributed by atoms with Crippen molar-refractivity contribution >= 4 is 5.96 Å². The number of aliphatic imine (C=N–C) groups is 1. The number of rotatable bonds is 8. The molecule has 1 unspecified atom stereocenters. The summed E-state index contributed by atoms with van der Waals surface area (Å²) in [4.78, 5) is 6.69. The molecule has 2 N–H and O–H groups in total. The molecule has 2 saturated heterocycles. The molecule has 0 amide bonds. The molecule has 23 heavy (non-hydrogen) atoms. The first-order valence-electron chi connectivity index (χ1n) is 9.10. The summed E-state index contributed by atoms with van der Waals surface area (Å²) in [6, 6.07) is 0. The number of nitrogens with zero attached hydrogens (tertiary/aromatic N) is 2. The lowest BCUT2D eigenvalue weighted by atomic mass is 9.97. The van der Waals surface area contributed by atoms with Crippen LogP contribution in [0.1, 0.15) is 32.1 Å². The van der Waals surface area contributed by atoms with Crippen molar-refractivity contribution in [1.29, 1.82) is 0 Å². The maximum absolute atomic E-state index is 5.67. The van der Waals surface area contributed by atoms with Crippen LogP contribution in [0, 0.1) is 5.92 Å². The van der Waals surface area contributed by atoms with E-state index in [9.17, 15) is 0 Å². The second kappa shape index (κ2) is 10.8. The molecular weight excluding hydrogens is 292 g/mol. The molecule has 2 rings (SSSR count). The molecule has 6 heteroatoms. The Balaban J connectivity index is 1.46. The average Bonchev–Trinajstić information content (AvgIpc) is 3.08. The molecule has 0 bridgehead atoms. The summed E-state index contributed by atoms with van der Waals surface area (Å²) in [5.41, 5.74) is 0. The molecule has 2 fully saturated rings. The number of piperidine rings is 1. The Morgan fingerprint density at radius 3 is 2.78 bits per heavy atom. The highest BCUT2D eigenvalue weighted by Gasteiger charge is 2.17. The number of nitrogens with one attached hydrogen (secondary N) is 2. The fourth-order valence-electron chi connectivity index (χ4n) is 3.10. The Labute approximate surface area is 141 Å². The molecule has 0 saturated carbocycles. The fraction of sp³-hybridized carbons (Fsp3) is 0.941. The number of ether oxygens (including phenoxy) is 2. The van der Waals surface area contributed by atoms with E-state index in [1.54, 1.807) is 0 Å². The van der Waals surface area contributed by atoms with E-state index in [1.807, 2.05) is 7.05 Å². The first-order valence-corrected chi connectivity index (χ1v) is 9.10. The maximum Gasteiger partial charge on any atom is 0.190 e. The summed E-state index contributed by atoms with van der Waals surface area (Å²) in [6.45, 7) is 6.74. The van der Waals surface area contributed by atoms with Gasteiger partial charge in [0.25, 0.3) is 0 Å². The minimum absolute atomic E-state index is 0.326. The SMILES string of the molecule is CN=C(NCCCOCC1CCCO1)NCC1CCN(C)CC1. The number of hydrogen-bond acceptors (Lipinski definition) is 4. The van der Waals surface area contributed by atoms with E-state index in [0.29, 0.717) is 6.10 Å². The Morgan fingerprint density at radius 1 is 1.26 bits per heavy atom. The lowest BCUT2D eigenvalue weighted by molar-refractivity contribution is 0.0168. The summed E-state index contributed by atoms with van der Waals surface area (Å²) in [6.07, 6.45) is 6.18. The third kappa shape index (κ3) is 7.50. The third-order valence-corrected chi connectivity index (χ3v) is 4.71. The number of guanidine groups is 1. The molecule has 2 heterocycles. The van der Waals surface area contributed by atoms with Crippen LogP contribution >= 0.6 is 0 Å². The van der Waals surface area contributed by atoms with Gasteiger partial charge in [0.2, 0.25) is 0 Å². The van der Waals surface area contributed by atoms with E-state index in [0.717, 1.165) is 57.6 Å². The lowest BCUT2D eigenvalue weighted by Gasteiger charge is -2.29. The van der Waals surface area contributed by atoms with Gasteiger partial charge in [-0.15, -0.1) is 0 Å². The second-order valence-corrected chi connectivity index (χ2v) is 6.69. The lowest BCUT2D eigenvalue weighted by Crippen LogP contribution is -2.42. The van der Waals surface area contributed by atoms with Gasteiger partial charge in [-0.1, -0.05) is 0 Å². The zero-order valence-corrected chi connectivity index (χ0v) is 14.9. The standard InChI is InChI=1S/C17H34N4O2/c1-18-17(20-13-15-6-9-21(2)10-7-15)19-8-4-11-22-14-16-5-3-12-23-16/h15-16H,3-14H2,1-2H3,(H2,18,19,20). The summed E-state index contributed by atoms with van der Waals surface area (Å²) in [5, 5.41) is 6.81. The minimum atomic E-state index is 0.326. The van der Waals surface area contributed by atoms with Gasteiger partial charge in [0.15, 0.2) is 5.96 Å². The molecule has 0 aromatic carbocycles. The van der Waals surface area contributed by atoms with Gasteiger partial charge in [0.05, 0.1) is 12.7 Å². The Bertz CT molecular complexity index is 337. The van der Waals surface area contributed by atoms with Gasteiger partial charge in [0.1, 0.15) is 0 Å². The van der Waals surface area contributed by atoms with Gasteiger partial charge in [-0.2, -0.15) is 0 Å². The van der Waals surface area contributed by atoms with Crippen LogP contribution in [0.4, 0.5) is 0 Å². The summed E-state index contributed by atoms with van der Waals surface area (Å²) < 4.78 is 11.2. The fourth-order valence-corrected chi connectivity index (χ4v) is 3.10. The van der Waals surface area contributed by atoms with Crippen molar-refractivity contribution in [3.05, 3.63) is 0 Å². The maximum atomic E-state index is 5.67. The van der Waals surface area contributed by atoms with E-state index in [2.05, 4.69) is 27.6 Å². The highest BCUT2D eigenvalue weighted by Crippen LogP contribution is 2.14. The monoisotopic (exact) mass is 326 g/mol. The minimum Gasteiger partial charge on any atom is -0.379 e. The van der Waals surface area contributed by atoms with Crippen molar-refractivity contribution in [2.45, 2.75) is 38.2 Å². The summed E-state index contributed by atoms with van der Waals surface area (Å²) in [5.74, 6) is 1.67. The highest BCUT2D eigenvalue weighted by atomic mass is 16.5. The predicted octanol–water partition coefficient (Wildman–Crippen LogP) is 1.08. The molecular formula is C17H34N4O2. The molecule has 134 valence electrons. The van der Waals surface area contributed by atoms with Gasteiger partial charge in [0, 0.05) is 33.4 Å². The van der Waals surface area contributed by atoms with E-state index < -0.39 is 0 Å². The quantitative estimate of drug-likeness (QED) is 0.397. The van der Waals surface area contributed by atoms with Crippen molar-refractivity contribution in [1.82, 2.24) is 15.5 Å². The van der Waals surface area contributed by atoms with E-state index in [1.165, 1.54) is 32.4 Å². The molecule has 2 aliphatic heterocycles. The largest absolute Gasteiger partial charge is 0.379 e. The van der Waals surface area contributed by atoms with Crippen LogP contribution in [-0.2, 0) is 9.47 Å².